The molecule has 0 bridgehead atoms. The lowest BCUT2D eigenvalue weighted by Crippen LogP contribution is -2.33. The van der Waals surface area contributed by atoms with Gasteiger partial charge in [0.05, 0.1) is 22.2 Å². The van der Waals surface area contributed by atoms with E-state index in [4.69, 9.17) is 0 Å². The minimum Gasteiger partial charge on any atom is -0.349 e. The van der Waals surface area contributed by atoms with Crippen molar-refractivity contribution in [2.75, 3.05) is 0 Å². The summed E-state index contributed by atoms with van der Waals surface area (Å²) >= 11 is 1.28. The molecule has 3 aromatic rings. The lowest BCUT2D eigenvalue weighted by Gasteiger charge is -2.19. The third-order valence-electron chi connectivity index (χ3n) is 4.45. The van der Waals surface area contributed by atoms with Crippen molar-refractivity contribution >= 4 is 28.6 Å². The zero-order valence-electron chi connectivity index (χ0n) is 16.0. The summed E-state index contributed by atoms with van der Waals surface area (Å²) in [5.41, 5.74) is 1.54. The van der Waals surface area contributed by atoms with Gasteiger partial charge in [-0.2, -0.15) is 0 Å². The number of fused-ring (bicyclic) bond motifs is 1. The number of amides is 1. The SMILES string of the molecule is C=CCn1c(SC(C)C(=O)NC(C)c2ccccc2)nc2ccccc2c1=O. The number of rotatable bonds is 7. The van der Waals surface area contributed by atoms with E-state index < -0.39 is 5.25 Å². The second-order valence-corrected chi connectivity index (χ2v) is 7.82. The van der Waals surface area contributed by atoms with Gasteiger partial charge < -0.3 is 5.32 Å². The van der Waals surface area contributed by atoms with E-state index in [1.165, 1.54) is 11.8 Å². The zero-order chi connectivity index (χ0) is 20.1. The number of benzene rings is 2. The fourth-order valence-electron chi connectivity index (χ4n) is 2.90. The molecule has 0 aliphatic rings. The van der Waals surface area contributed by atoms with Crippen LogP contribution in [0, 0.1) is 0 Å². The van der Waals surface area contributed by atoms with Gasteiger partial charge in [0.15, 0.2) is 5.16 Å². The molecule has 0 saturated heterocycles. The summed E-state index contributed by atoms with van der Waals surface area (Å²) in [6.07, 6.45) is 1.66. The van der Waals surface area contributed by atoms with Gasteiger partial charge in [-0.05, 0) is 31.5 Å². The van der Waals surface area contributed by atoms with E-state index in [1.54, 1.807) is 22.8 Å². The Morgan fingerprint density at radius 3 is 2.57 bits per heavy atom. The minimum atomic E-state index is -0.407. The highest BCUT2D eigenvalue weighted by molar-refractivity contribution is 8.00. The molecule has 1 heterocycles. The molecule has 0 aliphatic carbocycles. The van der Waals surface area contributed by atoms with E-state index in [2.05, 4.69) is 16.9 Å². The minimum absolute atomic E-state index is 0.100. The Bertz CT molecular complexity index is 1050. The van der Waals surface area contributed by atoms with E-state index in [-0.39, 0.29) is 17.5 Å². The van der Waals surface area contributed by atoms with Gasteiger partial charge in [-0.3, -0.25) is 14.2 Å². The van der Waals surface area contributed by atoms with E-state index in [9.17, 15) is 9.59 Å². The molecule has 0 radical (unpaired) electrons. The molecule has 5 nitrogen and oxygen atoms in total. The first kappa shape index (κ1) is 19.9. The maximum Gasteiger partial charge on any atom is 0.262 e. The van der Waals surface area contributed by atoms with Crippen molar-refractivity contribution in [3.8, 4) is 0 Å². The van der Waals surface area contributed by atoms with Crippen LogP contribution in [0.25, 0.3) is 10.9 Å². The van der Waals surface area contributed by atoms with Crippen LogP contribution >= 0.6 is 11.8 Å². The van der Waals surface area contributed by atoms with Crippen LogP contribution in [-0.2, 0) is 11.3 Å². The quantitative estimate of drug-likeness (QED) is 0.375. The fraction of sp³-hybridized carbons (Fsp3) is 0.227. The van der Waals surface area contributed by atoms with Crippen LogP contribution in [0.4, 0.5) is 0 Å². The molecule has 3 rings (SSSR count). The highest BCUT2D eigenvalue weighted by Crippen LogP contribution is 2.23. The van der Waals surface area contributed by atoms with Crippen molar-refractivity contribution in [1.29, 1.82) is 0 Å². The van der Waals surface area contributed by atoms with Crippen molar-refractivity contribution in [2.24, 2.45) is 0 Å². The number of hydrogen-bond acceptors (Lipinski definition) is 4. The fourth-order valence-corrected chi connectivity index (χ4v) is 3.82. The van der Waals surface area contributed by atoms with Crippen molar-refractivity contribution < 1.29 is 4.79 Å². The third-order valence-corrected chi connectivity index (χ3v) is 5.54. The molecule has 0 fully saturated rings. The van der Waals surface area contributed by atoms with Gasteiger partial charge in [-0.25, -0.2) is 4.98 Å². The molecule has 1 aromatic heterocycles. The molecular weight excluding hydrogens is 370 g/mol. The monoisotopic (exact) mass is 393 g/mol. The van der Waals surface area contributed by atoms with Crippen LogP contribution in [0.2, 0.25) is 0 Å². The van der Waals surface area contributed by atoms with Crippen LogP contribution in [0.3, 0.4) is 0 Å². The largest absolute Gasteiger partial charge is 0.349 e. The number of aromatic nitrogens is 2. The maximum atomic E-state index is 12.8. The van der Waals surface area contributed by atoms with Gasteiger partial charge in [0.25, 0.3) is 5.56 Å². The topological polar surface area (TPSA) is 64.0 Å². The first-order valence-corrected chi connectivity index (χ1v) is 10.0. The Labute approximate surface area is 168 Å². The average Bonchev–Trinajstić information content (AvgIpc) is 2.71. The lowest BCUT2D eigenvalue weighted by molar-refractivity contribution is -0.120. The molecule has 1 amide bonds. The first-order chi connectivity index (χ1) is 13.5. The molecule has 0 spiro atoms. The Morgan fingerprint density at radius 1 is 1.18 bits per heavy atom. The Morgan fingerprint density at radius 2 is 1.86 bits per heavy atom. The van der Waals surface area contributed by atoms with Gasteiger partial charge in [-0.1, -0.05) is 60.3 Å². The van der Waals surface area contributed by atoms with E-state index in [0.29, 0.717) is 22.6 Å². The zero-order valence-corrected chi connectivity index (χ0v) is 16.8. The Hall–Kier alpha value is -2.86. The Balaban J connectivity index is 1.82. The van der Waals surface area contributed by atoms with E-state index in [1.807, 2.05) is 56.3 Å². The predicted molar refractivity (Wildman–Crippen MR) is 115 cm³/mol. The van der Waals surface area contributed by atoms with Crippen molar-refractivity contribution in [3.63, 3.8) is 0 Å². The lowest BCUT2D eigenvalue weighted by atomic mass is 10.1. The average molecular weight is 394 g/mol. The van der Waals surface area contributed by atoms with Crippen molar-refractivity contribution in [3.05, 3.63) is 83.2 Å². The molecule has 2 atom stereocenters. The van der Waals surface area contributed by atoms with Crippen LogP contribution in [0.15, 0.2) is 77.2 Å². The maximum absolute atomic E-state index is 12.8. The molecule has 6 heteroatoms. The smallest absolute Gasteiger partial charge is 0.262 e. The van der Waals surface area contributed by atoms with Crippen LogP contribution in [0.5, 0.6) is 0 Å². The number of carbonyl (C=O) groups is 1. The number of nitrogens with one attached hydrogen (secondary N) is 1. The van der Waals surface area contributed by atoms with E-state index >= 15 is 0 Å². The summed E-state index contributed by atoms with van der Waals surface area (Å²) in [5.74, 6) is -0.103. The van der Waals surface area contributed by atoms with Crippen LogP contribution in [0.1, 0.15) is 25.5 Å². The number of thioether (sulfide) groups is 1. The van der Waals surface area contributed by atoms with Crippen LogP contribution in [-0.4, -0.2) is 20.7 Å². The van der Waals surface area contributed by atoms with Gasteiger partial charge in [0, 0.05) is 6.54 Å². The number of allylic oxidation sites excluding steroid dienone is 1. The summed E-state index contributed by atoms with van der Waals surface area (Å²) < 4.78 is 1.56. The van der Waals surface area contributed by atoms with Gasteiger partial charge in [0.1, 0.15) is 0 Å². The van der Waals surface area contributed by atoms with Gasteiger partial charge >= 0.3 is 0 Å². The normalized spacial score (nSPS) is 13.1. The summed E-state index contributed by atoms with van der Waals surface area (Å²) in [5, 5.41) is 3.69. The number of hydrogen-bond donors (Lipinski definition) is 1. The molecule has 2 aromatic carbocycles. The molecule has 144 valence electrons. The molecular formula is C22H23N3O2S. The van der Waals surface area contributed by atoms with Crippen LogP contribution < -0.4 is 10.9 Å². The standard InChI is InChI=1S/C22H23N3O2S/c1-4-14-25-21(27)18-12-8-9-13-19(18)24-22(25)28-16(3)20(26)23-15(2)17-10-6-5-7-11-17/h4-13,15-16H,1,14H2,2-3H3,(H,23,26). The third kappa shape index (κ3) is 4.34. The molecule has 0 saturated carbocycles. The second kappa shape index (κ2) is 8.89. The van der Waals surface area contributed by atoms with Crippen molar-refractivity contribution in [1.82, 2.24) is 14.9 Å². The number of para-hydroxylation sites is 1. The first-order valence-electron chi connectivity index (χ1n) is 9.13. The van der Waals surface area contributed by atoms with Gasteiger partial charge in [-0.15, -0.1) is 6.58 Å². The summed E-state index contributed by atoms with van der Waals surface area (Å²) in [6, 6.07) is 16.9. The Kier molecular flexibility index (Phi) is 6.31. The summed E-state index contributed by atoms with van der Waals surface area (Å²) in [4.78, 5) is 30.1. The van der Waals surface area contributed by atoms with Gasteiger partial charge in [0.2, 0.25) is 5.91 Å². The molecule has 1 N–H and O–H groups in total. The van der Waals surface area contributed by atoms with E-state index in [0.717, 1.165) is 5.56 Å². The highest BCUT2D eigenvalue weighted by Gasteiger charge is 2.20. The second-order valence-electron chi connectivity index (χ2n) is 6.52. The number of nitrogens with zero attached hydrogens (tertiary/aromatic N) is 2. The summed E-state index contributed by atoms with van der Waals surface area (Å²) in [7, 11) is 0. The predicted octanol–water partition coefficient (Wildman–Crippen LogP) is 3.94. The molecule has 0 aliphatic heterocycles. The van der Waals surface area contributed by atoms with Crippen molar-refractivity contribution in [2.45, 2.75) is 36.8 Å². The highest BCUT2D eigenvalue weighted by atomic mass is 32.2. The molecule has 2 unspecified atom stereocenters. The molecule has 28 heavy (non-hydrogen) atoms. The number of carbonyl (C=O) groups excluding carboxylic acids is 1. The summed E-state index contributed by atoms with van der Waals surface area (Å²) in [6.45, 7) is 7.84.